The Morgan fingerprint density at radius 1 is 1.00 bits per heavy atom. The predicted molar refractivity (Wildman–Crippen MR) is 89.1 cm³/mol. The van der Waals surface area contributed by atoms with Gasteiger partial charge in [-0.2, -0.15) is 0 Å². The molecule has 4 rings (SSSR count). The van der Waals surface area contributed by atoms with Crippen molar-refractivity contribution in [2.24, 2.45) is 0 Å². The van der Waals surface area contributed by atoms with Crippen LogP contribution in [0.25, 0.3) is 0 Å². The van der Waals surface area contributed by atoms with Gasteiger partial charge in [0.1, 0.15) is 13.2 Å². The summed E-state index contributed by atoms with van der Waals surface area (Å²) in [6, 6.07) is 12.4. The molecular weight excluding hydrogens is 334 g/mol. The second-order valence-electron chi connectivity index (χ2n) is 5.20. The third-order valence-electron chi connectivity index (χ3n) is 3.79. The summed E-state index contributed by atoms with van der Waals surface area (Å²) in [7, 11) is -3.62. The van der Waals surface area contributed by atoms with Gasteiger partial charge >= 0.3 is 0 Å². The summed E-state index contributed by atoms with van der Waals surface area (Å²) in [4.78, 5) is 1.21. The van der Waals surface area contributed by atoms with E-state index in [-0.39, 0.29) is 4.90 Å². The molecule has 0 bridgehead atoms. The van der Waals surface area contributed by atoms with E-state index in [1.54, 1.807) is 30.0 Å². The lowest BCUT2D eigenvalue weighted by Crippen LogP contribution is -2.35. The molecule has 0 N–H and O–H groups in total. The fourth-order valence-corrected chi connectivity index (χ4v) is 5.37. The molecule has 5 nitrogen and oxygen atoms in total. The van der Waals surface area contributed by atoms with Crippen LogP contribution in [0.2, 0.25) is 0 Å². The predicted octanol–water partition coefficient (Wildman–Crippen LogP) is 2.76. The number of para-hydroxylation sites is 1. The molecule has 0 atom stereocenters. The highest BCUT2D eigenvalue weighted by Gasteiger charge is 2.30. The first-order valence-corrected chi connectivity index (χ1v) is 9.73. The Morgan fingerprint density at radius 2 is 1.78 bits per heavy atom. The lowest BCUT2D eigenvalue weighted by atomic mass is 10.3. The zero-order valence-corrected chi connectivity index (χ0v) is 13.9. The van der Waals surface area contributed by atoms with E-state index in [9.17, 15) is 8.42 Å². The highest BCUT2D eigenvalue weighted by molar-refractivity contribution is 8.00. The molecule has 0 fully saturated rings. The standard InChI is InChI=1S/C16H15NO4S2/c18-23(19,12-5-6-14-15(11-12)21-9-8-20-14)17-7-10-22-16-4-2-1-3-13(16)17/h1-6,11H,7-10H2. The van der Waals surface area contributed by atoms with Gasteiger partial charge in [-0.15, -0.1) is 11.8 Å². The molecule has 2 aromatic carbocycles. The van der Waals surface area contributed by atoms with Gasteiger partial charge in [0.15, 0.2) is 11.5 Å². The first kappa shape index (κ1) is 14.7. The minimum Gasteiger partial charge on any atom is -0.486 e. The van der Waals surface area contributed by atoms with Crippen molar-refractivity contribution in [1.29, 1.82) is 0 Å². The molecule has 2 aliphatic rings. The second-order valence-corrected chi connectivity index (χ2v) is 8.20. The Kier molecular flexibility index (Phi) is 3.61. The quantitative estimate of drug-likeness (QED) is 0.834. The fourth-order valence-electron chi connectivity index (χ4n) is 2.71. The van der Waals surface area contributed by atoms with Crippen LogP contribution >= 0.6 is 11.8 Å². The zero-order valence-electron chi connectivity index (χ0n) is 12.3. The Labute approximate surface area is 139 Å². The maximum absolute atomic E-state index is 13.1. The van der Waals surface area contributed by atoms with Crippen molar-refractivity contribution in [3.8, 4) is 11.5 Å². The zero-order chi connectivity index (χ0) is 15.9. The summed E-state index contributed by atoms with van der Waals surface area (Å²) in [6.45, 7) is 1.37. The van der Waals surface area contributed by atoms with Crippen molar-refractivity contribution in [2.75, 3.05) is 29.8 Å². The van der Waals surface area contributed by atoms with Gasteiger partial charge < -0.3 is 9.47 Å². The van der Waals surface area contributed by atoms with E-state index >= 15 is 0 Å². The number of hydrogen-bond acceptors (Lipinski definition) is 5. The lowest BCUT2D eigenvalue weighted by Gasteiger charge is -2.30. The number of anilines is 1. The van der Waals surface area contributed by atoms with Gasteiger partial charge in [0.2, 0.25) is 0 Å². The highest BCUT2D eigenvalue weighted by Crippen LogP contribution is 2.39. The molecule has 2 heterocycles. The van der Waals surface area contributed by atoms with Gasteiger partial charge in [0, 0.05) is 23.3 Å². The van der Waals surface area contributed by atoms with E-state index in [1.165, 1.54) is 4.31 Å². The first-order chi connectivity index (χ1) is 11.2. The molecule has 120 valence electrons. The molecule has 0 aliphatic carbocycles. The monoisotopic (exact) mass is 349 g/mol. The smallest absolute Gasteiger partial charge is 0.264 e. The SMILES string of the molecule is O=S(=O)(c1ccc2c(c1)OCCO2)N1CCSc2ccccc21. The molecule has 0 aromatic heterocycles. The highest BCUT2D eigenvalue weighted by atomic mass is 32.2. The average molecular weight is 349 g/mol. The largest absolute Gasteiger partial charge is 0.486 e. The molecule has 7 heteroatoms. The van der Waals surface area contributed by atoms with E-state index in [1.807, 2.05) is 24.3 Å². The molecule has 2 aliphatic heterocycles. The van der Waals surface area contributed by atoms with Crippen LogP contribution in [0.1, 0.15) is 0 Å². The summed E-state index contributed by atoms with van der Waals surface area (Å²) in [5.41, 5.74) is 0.735. The second kappa shape index (κ2) is 5.65. The summed E-state index contributed by atoms with van der Waals surface area (Å²) in [6.07, 6.45) is 0. The average Bonchev–Trinajstić information content (AvgIpc) is 2.60. The summed E-state index contributed by atoms with van der Waals surface area (Å²) >= 11 is 1.68. The number of thioether (sulfide) groups is 1. The van der Waals surface area contributed by atoms with E-state index in [0.29, 0.717) is 31.3 Å². The van der Waals surface area contributed by atoms with Crippen LogP contribution in [0.3, 0.4) is 0 Å². The van der Waals surface area contributed by atoms with Gasteiger partial charge in [-0.25, -0.2) is 8.42 Å². The number of hydrogen-bond donors (Lipinski definition) is 0. The molecule has 0 saturated heterocycles. The van der Waals surface area contributed by atoms with Gasteiger partial charge in [-0.1, -0.05) is 12.1 Å². The van der Waals surface area contributed by atoms with Crippen LogP contribution in [0.15, 0.2) is 52.3 Å². The summed E-state index contributed by atoms with van der Waals surface area (Å²) in [5.74, 6) is 1.81. The van der Waals surface area contributed by atoms with E-state index in [0.717, 1.165) is 16.3 Å². The Bertz CT molecular complexity index is 851. The van der Waals surface area contributed by atoms with Crippen molar-refractivity contribution in [1.82, 2.24) is 0 Å². The number of ether oxygens (including phenoxy) is 2. The molecule has 23 heavy (non-hydrogen) atoms. The molecule has 0 saturated carbocycles. The fraction of sp³-hybridized carbons (Fsp3) is 0.250. The Morgan fingerprint density at radius 3 is 2.65 bits per heavy atom. The number of fused-ring (bicyclic) bond motifs is 2. The van der Waals surface area contributed by atoms with E-state index in [2.05, 4.69) is 0 Å². The molecular formula is C16H15NO4S2. The van der Waals surface area contributed by atoms with Crippen LogP contribution in [0, 0.1) is 0 Å². The number of sulfonamides is 1. The van der Waals surface area contributed by atoms with Crippen molar-refractivity contribution in [2.45, 2.75) is 9.79 Å². The molecule has 0 unspecified atom stereocenters. The Balaban J connectivity index is 1.77. The van der Waals surface area contributed by atoms with Gasteiger partial charge in [-0.3, -0.25) is 4.31 Å². The maximum Gasteiger partial charge on any atom is 0.264 e. The van der Waals surface area contributed by atoms with Crippen molar-refractivity contribution in [3.05, 3.63) is 42.5 Å². The van der Waals surface area contributed by atoms with E-state index in [4.69, 9.17) is 9.47 Å². The molecule has 0 amide bonds. The van der Waals surface area contributed by atoms with Crippen LogP contribution in [0.5, 0.6) is 11.5 Å². The van der Waals surface area contributed by atoms with Gasteiger partial charge in [0.25, 0.3) is 10.0 Å². The van der Waals surface area contributed by atoms with Crippen LogP contribution in [0.4, 0.5) is 5.69 Å². The molecule has 2 aromatic rings. The molecule has 0 radical (unpaired) electrons. The van der Waals surface area contributed by atoms with Crippen molar-refractivity contribution in [3.63, 3.8) is 0 Å². The van der Waals surface area contributed by atoms with E-state index < -0.39 is 10.0 Å². The third kappa shape index (κ3) is 2.53. The minimum absolute atomic E-state index is 0.225. The number of nitrogens with zero attached hydrogens (tertiary/aromatic N) is 1. The normalized spacial score (nSPS) is 16.8. The summed E-state index contributed by atoms with van der Waals surface area (Å²) < 4.78 is 38.5. The van der Waals surface area contributed by atoms with Gasteiger partial charge in [-0.05, 0) is 24.3 Å². The first-order valence-electron chi connectivity index (χ1n) is 7.30. The minimum atomic E-state index is -3.62. The number of rotatable bonds is 2. The topological polar surface area (TPSA) is 55.8 Å². The maximum atomic E-state index is 13.1. The third-order valence-corrected chi connectivity index (χ3v) is 6.64. The van der Waals surface area contributed by atoms with Gasteiger partial charge in [0.05, 0.1) is 10.6 Å². The number of benzene rings is 2. The van der Waals surface area contributed by atoms with Crippen LogP contribution in [-0.4, -0.2) is 33.9 Å². The van der Waals surface area contributed by atoms with Crippen molar-refractivity contribution >= 4 is 27.5 Å². The van der Waals surface area contributed by atoms with Crippen LogP contribution in [-0.2, 0) is 10.0 Å². The molecule has 0 spiro atoms. The lowest BCUT2D eigenvalue weighted by molar-refractivity contribution is 0.171. The Hall–Kier alpha value is -1.86. The van der Waals surface area contributed by atoms with Crippen molar-refractivity contribution < 1.29 is 17.9 Å². The van der Waals surface area contributed by atoms with Crippen LogP contribution < -0.4 is 13.8 Å². The summed E-state index contributed by atoms with van der Waals surface area (Å²) in [5, 5.41) is 0.